The second-order valence-corrected chi connectivity index (χ2v) is 6.46. The molecule has 0 amide bonds. The van der Waals surface area contributed by atoms with Crippen LogP contribution in [0.1, 0.15) is 31.2 Å². The molecule has 1 aromatic rings. The van der Waals surface area contributed by atoms with Gasteiger partial charge in [-0.25, -0.2) is 0 Å². The molecule has 1 saturated carbocycles. The van der Waals surface area contributed by atoms with Gasteiger partial charge in [0.2, 0.25) is 0 Å². The third-order valence-corrected chi connectivity index (χ3v) is 4.49. The summed E-state index contributed by atoms with van der Waals surface area (Å²) in [5.74, 6) is -0.0687. The molecule has 0 aliphatic heterocycles. The summed E-state index contributed by atoms with van der Waals surface area (Å²) in [6.07, 6.45) is 7.16. The fourth-order valence-electron chi connectivity index (χ4n) is 2.94. The number of rotatable bonds is 8. The van der Waals surface area contributed by atoms with Gasteiger partial charge in [-0.05, 0) is 48.6 Å². The molecule has 0 saturated heterocycles. The van der Waals surface area contributed by atoms with Crippen LogP contribution in [-0.2, 0) is 19.1 Å². The standard InChI is InChI=1S/C21H24O6/c1-26-20-11-14(5-9-18(20)24)3-7-16(22)13-17(23)8-4-15-6-10-19(25)21(12-15)27-2/h3-5,7-9,11,15,21,24H,6,10,12-13H2,1-2H3/b7-3+,8-4+/t15-,21-/m0/s1. The van der Waals surface area contributed by atoms with Gasteiger partial charge in [0.05, 0.1) is 13.5 Å². The van der Waals surface area contributed by atoms with E-state index >= 15 is 0 Å². The van der Waals surface area contributed by atoms with Crippen LogP contribution >= 0.6 is 0 Å². The van der Waals surface area contributed by atoms with Crippen LogP contribution in [0.25, 0.3) is 6.08 Å². The average Bonchev–Trinajstić information content (AvgIpc) is 2.66. The second-order valence-electron chi connectivity index (χ2n) is 6.46. The van der Waals surface area contributed by atoms with Gasteiger partial charge in [-0.1, -0.05) is 18.2 Å². The summed E-state index contributed by atoms with van der Waals surface area (Å²) in [5, 5.41) is 9.55. The van der Waals surface area contributed by atoms with Crippen molar-refractivity contribution in [2.75, 3.05) is 14.2 Å². The molecule has 1 aliphatic rings. The molecule has 144 valence electrons. The molecular formula is C21H24O6. The van der Waals surface area contributed by atoms with Crippen LogP contribution in [-0.4, -0.2) is 42.8 Å². The van der Waals surface area contributed by atoms with Gasteiger partial charge in [0.25, 0.3) is 0 Å². The van der Waals surface area contributed by atoms with Crippen molar-refractivity contribution in [3.63, 3.8) is 0 Å². The number of hydrogen-bond donors (Lipinski definition) is 1. The topological polar surface area (TPSA) is 89.9 Å². The minimum atomic E-state index is -0.407. The second kappa shape index (κ2) is 9.83. The highest BCUT2D eigenvalue weighted by Crippen LogP contribution is 2.27. The first-order valence-electron chi connectivity index (χ1n) is 8.77. The van der Waals surface area contributed by atoms with E-state index in [0.29, 0.717) is 30.6 Å². The number of phenolic OH excluding ortho intramolecular Hbond substituents is 1. The van der Waals surface area contributed by atoms with E-state index in [0.717, 1.165) is 0 Å². The van der Waals surface area contributed by atoms with Crippen LogP contribution in [0, 0.1) is 5.92 Å². The van der Waals surface area contributed by atoms with Crippen LogP contribution in [0.15, 0.2) is 36.4 Å². The van der Waals surface area contributed by atoms with Crippen molar-refractivity contribution in [3.05, 3.63) is 42.0 Å². The number of phenols is 1. The van der Waals surface area contributed by atoms with E-state index < -0.39 is 6.10 Å². The largest absolute Gasteiger partial charge is 0.504 e. The zero-order valence-electron chi connectivity index (χ0n) is 15.5. The molecule has 1 aromatic carbocycles. The highest BCUT2D eigenvalue weighted by molar-refractivity contribution is 6.09. The van der Waals surface area contributed by atoms with Gasteiger partial charge < -0.3 is 14.6 Å². The number of methoxy groups -OCH3 is 2. The zero-order valence-corrected chi connectivity index (χ0v) is 15.5. The van der Waals surface area contributed by atoms with Crippen LogP contribution in [0.4, 0.5) is 0 Å². The Morgan fingerprint density at radius 2 is 1.96 bits per heavy atom. The number of allylic oxidation sites excluding steroid dienone is 3. The first-order chi connectivity index (χ1) is 12.9. The lowest BCUT2D eigenvalue weighted by Crippen LogP contribution is -2.30. The Hall–Kier alpha value is -2.73. The van der Waals surface area contributed by atoms with Crippen molar-refractivity contribution >= 4 is 23.4 Å². The predicted molar refractivity (Wildman–Crippen MR) is 101 cm³/mol. The summed E-state index contributed by atoms with van der Waals surface area (Å²) < 4.78 is 10.2. The molecule has 1 aliphatic carbocycles. The minimum absolute atomic E-state index is 0.0152. The molecule has 0 bridgehead atoms. The van der Waals surface area contributed by atoms with Gasteiger partial charge in [0.1, 0.15) is 6.10 Å². The Balaban J connectivity index is 1.86. The van der Waals surface area contributed by atoms with Crippen LogP contribution in [0.3, 0.4) is 0 Å². The first-order valence-corrected chi connectivity index (χ1v) is 8.77. The van der Waals surface area contributed by atoms with Gasteiger partial charge in [0, 0.05) is 13.5 Å². The smallest absolute Gasteiger partial charge is 0.163 e. The van der Waals surface area contributed by atoms with E-state index in [1.807, 2.05) is 0 Å². The van der Waals surface area contributed by atoms with E-state index in [1.165, 1.54) is 32.4 Å². The average molecular weight is 372 g/mol. The summed E-state index contributed by atoms with van der Waals surface area (Å²) in [6.45, 7) is 0. The van der Waals surface area contributed by atoms with Gasteiger partial charge in [-0.2, -0.15) is 0 Å². The fraction of sp³-hybridized carbons (Fsp3) is 0.381. The van der Waals surface area contributed by atoms with Crippen LogP contribution in [0.2, 0.25) is 0 Å². The summed E-state index contributed by atoms with van der Waals surface area (Å²) in [4.78, 5) is 35.5. The maximum absolute atomic E-state index is 12.0. The number of ether oxygens (including phenoxy) is 2. The van der Waals surface area contributed by atoms with E-state index in [-0.39, 0.29) is 35.4 Å². The molecule has 0 aromatic heterocycles. The molecular weight excluding hydrogens is 348 g/mol. The lowest BCUT2D eigenvalue weighted by atomic mass is 9.86. The van der Waals surface area contributed by atoms with E-state index in [2.05, 4.69) is 0 Å². The Bertz CT molecular complexity index is 762. The van der Waals surface area contributed by atoms with Gasteiger partial charge in [-0.3, -0.25) is 14.4 Å². The van der Waals surface area contributed by atoms with Gasteiger partial charge >= 0.3 is 0 Å². The predicted octanol–water partition coefficient (Wildman–Crippen LogP) is 2.88. The number of Topliss-reactive ketones (excluding diaryl/α,β-unsaturated/α-hetero) is 1. The molecule has 6 nitrogen and oxygen atoms in total. The van der Waals surface area contributed by atoms with Crippen molar-refractivity contribution in [1.82, 2.24) is 0 Å². The number of carbonyl (C=O) groups is 3. The lowest BCUT2D eigenvalue weighted by molar-refractivity contribution is -0.132. The van der Waals surface area contributed by atoms with E-state index in [1.54, 1.807) is 24.3 Å². The van der Waals surface area contributed by atoms with Crippen molar-refractivity contribution in [2.45, 2.75) is 31.8 Å². The maximum atomic E-state index is 12.0. The molecule has 2 atom stereocenters. The summed E-state index contributed by atoms with van der Waals surface area (Å²) in [6, 6.07) is 4.70. The molecule has 1 fully saturated rings. The van der Waals surface area contributed by atoms with E-state index in [4.69, 9.17) is 9.47 Å². The lowest BCUT2D eigenvalue weighted by Gasteiger charge is -2.24. The van der Waals surface area contributed by atoms with Crippen LogP contribution < -0.4 is 4.74 Å². The third kappa shape index (κ3) is 6.18. The highest BCUT2D eigenvalue weighted by atomic mass is 16.5. The van der Waals surface area contributed by atoms with Crippen molar-refractivity contribution in [3.8, 4) is 11.5 Å². The maximum Gasteiger partial charge on any atom is 0.163 e. The number of benzene rings is 1. The number of aromatic hydroxyl groups is 1. The van der Waals surface area contributed by atoms with E-state index in [9.17, 15) is 19.5 Å². The Morgan fingerprint density at radius 1 is 1.22 bits per heavy atom. The SMILES string of the molecule is COc1cc(/C=C/C(=O)CC(=O)/C=C/[C@H]2CCC(=O)[C@@H](OC)C2)ccc1O. The summed E-state index contributed by atoms with van der Waals surface area (Å²) in [7, 11) is 2.95. The molecule has 27 heavy (non-hydrogen) atoms. The fourth-order valence-corrected chi connectivity index (χ4v) is 2.94. The van der Waals surface area contributed by atoms with Crippen molar-refractivity contribution < 1.29 is 29.0 Å². The summed E-state index contributed by atoms with van der Waals surface area (Å²) in [5.41, 5.74) is 0.679. The monoisotopic (exact) mass is 372 g/mol. The first kappa shape index (κ1) is 20.6. The molecule has 1 N–H and O–H groups in total. The van der Waals surface area contributed by atoms with Crippen molar-refractivity contribution in [2.24, 2.45) is 5.92 Å². The number of carbonyl (C=O) groups excluding carboxylic acids is 3. The van der Waals surface area contributed by atoms with Gasteiger partial charge in [-0.15, -0.1) is 0 Å². The minimum Gasteiger partial charge on any atom is -0.504 e. The summed E-state index contributed by atoms with van der Waals surface area (Å²) >= 11 is 0. The molecule has 0 radical (unpaired) electrons. The highest BCUT2D eigenvalue weighted by Gasteiger charge is 2.27. The molecule has 0 spiro atoms. The Labute approximate surface area is 158 Å². The number of ketones is 3. The Morgan fingerprint density at radius 3 is 2.67 bits per heavy atom. The zero-order chi connectivity index (χ0) is 19.8. The molecule has 0 unspecified atom stereocenters. The molecule has 2 rings (SSSR count). The van der Waals surface area contributed by atoms with Crippen LogP contribution in [0.5, 0.6) is 11.5 Å². The molecule has 0 heterocycles. The normalized spacial score (nSPS) is 20.3. The third-order valence-electron chi connectivity index (χ3n) is 4.49. The Kier molecular flexibility index (Phi) is 7.49. The van der Waals surface area contributed by atoms with Crippen molar-refractivity contribution in [1.29, 1.82) is 0 Å². The quantitative estimate of drug-likeness (QED) is 0.557. The molecule has 6 heteroatoms. The number of hydrogen-bond acceptors (Lipinski definition) is 6. The van der Waals surface area contributed by atoms with Gasteiger partial charge in [0.15, 0.2) is 28.8 Å².